The first-order valence-electron chi connectivity index (χ1n) is 12.0. The Balaban J connectivity index is 1.70. The van der Waals surface area contributed by atoms with Gasteiger partial charge >= 0.3 is 195 Å². The van der Waals surface area contributed by atoms with Crippen molar-refractivity contribution in [2.75, 3.05) is 0 Å². The van der Waals surface area contributed by atoms with Crippen LogP contribution in [-0.4, -0.2) is 41.5 Å². The van der Waals surface area contributed by atoms with E-state index in [2.05, 4.69) is 19.1 Å². The number of carbonyl (C=O) groups excluding carboxylic acids is 1. The van der Waals surface area contributed by atoms with Crippen LogP contribution in [0.3, 0.4) is 0 Å². The third-order valence-electron chi connectivity index (χ3n) is 7.41. The summed E-state index contributed by atoms with van der Waals surface area (Å²) in [7, 11) is 0. The van der Waals surface area contributed by atoms with Crippen LogP contribution in [0.5, 0.6) is 0 Å². The summed E-state index contributed by atoms with van der Waals surface area (Å²) < 4.78 is 1.59. The van der Waals surface area contributed by atoms with Crippen molar-refractivity contribution >= 4 is 46.5 Å². The second kappa shape index (κ2) is 10.4. The molecule has 1 aromatic rings. The van der Waals surface area contributed by atoms with Gasteiger partial charge in [-0.3, -0.25) is 0 Å². The molecule has 0 bridgehead atoms. The molecule has 4 nitrogen and oxygen atoms in total. The molecule has 2 saturated carbocycles. The monoisotopic (exact) mass is 506 g/mol. The number of aliphatic hydroxyl groups excluding tert-OH is 1. The number of carboxylic acid groups (broad SMARTS) is 1. The molecular formula is C25H35AsO4S. The summed E-state index contributed by atoms with van der Waals surface area (Å²) in [4.78, 5) is 27.7. The Kier molecular flexibility index (Phi) is 7.77. The Hall–Kier alpha value is -0.902. The topological polar surface area (TPSA) is 74.6 Å². The van der Waals surface area contributed by atoms with Gasteiger partial charge in [-0.25, -0.2) is 0 Å². The van der Waals surface area contributed by atoms with Crippen molar-refractivity contribution in [3.63, 3.8) is 0 Å². The molecule has 0 aromatic carbocycles. The summed E-state index contributed by atoms with van der Waals surface area (Å²) in [6, 6.07) is 2.11. The quantitative estimate of drug-likeness (QED) is 0.511. The molecule has 31 heavy (non-hydrogen) atoms. The minimum atomic E-state index is -2.26. The van der Waals surface area contributed by atoms with Gasteiger partial charge in [-0.05, 0) is 0 Å². The van der Waals surface area contributed by atoms with Gasteiger partial charge < -0.3 is 0 Å². The minimum absolute atomic E-state index is 0.113. The van der Waals surface area contributed by atoms with E-state index in [4.69, 9.17) is 0 Å². The number of hydrogen-bond acceptors (Lipinski definition) is 4. The van der Waals surface area contributed by atoms with Crippen molar-refractivity contribution in [2.24, 2.45) is 11.8 Å². The van der Waals surface area contributed by atoms with Crippen LogP contribution in [0, 0.1) is 11.8 Å². The van der Waals surface area contributed by atoms with Gasteiger partial charge in [-0.15, -0.1) is 0 Å². The fourth-order valence-electron chi connectivity index (χ4n) is 5.45. The van der Waals surface area contributed by atoms with Crippen LogP contribution < -0.4 is 4.35 Å². The van der Waals surface area contributed by atoms with Crippen LogP contribution in [0.1, 0.15) is 98.5 Å². The van der Waals surface area contributed by atoms with Crippen LogP contribution in [0.25, 0.3) is 5.57 Å². The maximum atomic E-state index is 13.9. The summed E-state index contributed by atoms with van der Waals surface area (Å²) in [6.07, 6.45) is 13.8. The van der Waals surface area contributed by atoms with Crippen molar-refractivity contribution in [3.8, 4) is 0 Å². The summed E-state index contributed by atoms with van der Waals surface area (Å²) in [5.41, 5.74) is 1.27. The average molecular weight is 507 g/mol. The van der Waals surface area contributed by atoms with Crippen LogP contribution >= 0.6 is 11.3 Å². The first-order chi connectivity index (χ1) is 14.9. The normalized spacial score (nSPS) is 30.5. The molecule has 4 rings (SSSR count). The van der Waals surface area contributed by atoms with Crippen molar-refractivity contribution in [1.82, 2.24) is 0 Å². The standard InChI is InChI=1S/C25H35AsO4S/c1-16-7-9-18(10-8-16)24(28)26(19-11-13-20(27)14-12-19)21-15-22(31-23(21)25(29)30)17-5-3-2-4-6-17/h5,15-16,18-20,27H,2-4,6-14H2,1H3,(H,29,30)/t16-,18-,19-,20-,26?. The Morgan fingerprint density at radius 1 is 1.03 bits per heavy atom. The molecule has 1 atom stereocenters. The van der Waals surface area contributed by atoms with Gasteiger partial charge in [0.25, 0.3) is 0 Å². The molecule has 1 aromatic heterocycles. The zero-order valence-electron chi connectivity index (χ0n) is 18.5. The molecule has 170 valence electrons. The van der Waals surface area contributed by atoms with Crippen molar-refractivity contribution in [3.05, 3.63) is 21.9 Å². The van der Waals surface area contributed by atoms with Gasteiger partial charge in [0.15, 0.2) is 0 Å². The van der Waals surface area contributed by atoms with Gasteiger partial charge in [0.05, 0.1) is 0 Å². The second-order valence-electron chi connectivity index (χ2n) is 9.73. The molecule has 0 amide bonds. The van der Waals surface area contributed by atoms with E-state index in [-0.39, 0.29) is 16.7 Å². The number of rotatable bonds is 6. The maximum absolute atomic E-state index is 13.9. The first-order valence-corrected chi connectivity index (χ1v) is 15.8. The molecule has 0 saturated heterocycles. The summed E-state index contributed by atoms with van der Waals surface area (Å²) in [5, 5.41) is 20.1. The fraction of sp³-hybridized carbons (Fsp3) is 0.680. The molecule has 2 N–H and O–H groups in total. The third-order valence-corrected chi connectivity index (χ3v) is 15.1. The van der Waals surface area contributed by atoms with E-state index in [9.17, 15) is 19.8 Å². The molecule has 1 heterocycles. The Morgan fingerprint density at radius 2 is 1.74 bits per heavy atom. The first kappa shape index (κ1) is 23.3. The molecule has 3 aliphatic rings. The van der Waals surface area contributed by atoms with Crippen LogP contribution in [0.15, 0.2) is 12.1 Å². The van der Waals surface area contributed by atoms with Crippen molar-refractivity contribution < 1.29 is 19.8 Å². The van der Waals surface area contributed by atoms with Gasteiger partial charge in [0.2, 0.25) is 0 Å². The molecule has 0 spiro atoms. The van der Waals surface area contributed by atoms with E-state index < -0.39 is 20.6 Å². The van der Waals surface area contributed by atoms with E-state index in [0.29, 0.717) is 15.4 Å². The zero-order valence-corrected chi connectivity index (χ0v) is 21.2. The summed E-state index contributed by atoms with van der Waals surface area (Å²) in [5.74, 6) is -0.0692. The number of allylic oxidation sites excluding steroid dienone is 2. The van der Waals surface area contributed by atoms with Crippen molar-refractivity contribution in [1.29, 1.82) is 0 Å². The number of carboxylic acids is 1. The molecule has 2 fully saturated rings. The molecule has 6 heteroatoms. The summed E-state index contributed by atoms with van der Waals surface area (Å²) >= 11 is -0.858. The fourth-order valence-corrected chi connectivity index (χ4v) is 13.8. The molecule has 0 aliphatic heterocycles. The van der Waals surface area contributed by atoms with Crippen LogP contribution in [0.2, 0.25) is 4.71 Å². The summed E-state index contributed by atoms with van der Waals surface area (Å²) in [6.45, 7) is 2.27. The predicted molar refractivity (Wildman–Crippen MR) is 127 cm³/mol. The molecule has 1 unspecified atom stereocenters. The number of carbonyl (C=O) groups is 2. The van der Waals surface area contributed by atoms with Gasteiger partial charge in [0.1, 0.15) is 0 Å². The average Bonchev–Trinajstić information content (AvgIpc) is 3.22. The Morgan fingerprint density at radius 3 is 2.35 bits per heavy atom. The van der Waals surface area contributed by atoms with Gasteiger partial charge in [0, 0.05) is 0 Å². The molecule has 3 aliphatic carbocycles. The van der Waals surface area contributed by atoms with Crippen molar-refractivity contribution in [2.45, 2.75) is 94.8 Å². The van der Waals surface area contributed by atoms with E-state index >= 15 is 0 Å². The third kappa shape index (κ3) is 5.37. The van der Waals surface area contributed by atoms with Crippen LogP contribution in [-0.2, 0) is 4.79 Å². The number of aliphatic hydroxyl groups is 1. The van der Waals surface area contributed by atoms with Crippen LogP contribution in [0.4, 0.5) is 0 Å². The Labute approximate surface area is 194 Å². The SMILES string of the molecule is C[C@H]1CC[C@H](C(=O)[As](c2cc(C3=CCCCC3)sc2C(=O)O)[C@H]2CC[C@H](O)CC2)CC1. The van der Waals surface area contributed by atoms with E-state index in [1.165, 1.54) is 23.3 Å². The second-order valence-corrected chi connectivity index (χ2v) is 15.8. The number of aromatic carboxylic acids is 1. The Bertz CT molecular complexity index is 829. The van der Waals surface area contributed by atoms with E-state index in [1.54, 1.807) is 0 Å². The van der Waals surface area contributed by atoms with E-state index in [1.807, 2.05) is 0 Å². The molecular weight excluding hydrogens is 471 g/mol. The van der Waals surface area contributed by atoms with Gasteiger partial charge in [-0.1, -0.05) is 0 Å². The zero-order chi connectivity index (χ0) is 22.0. The number of thiophene rings is 1. The molecule has 0 radical (unpaired) electrons. The predicted octanol–water partition coefficient (Wildman–Crippen LogP) is 5.35. The van der Waals surface area contributed by atoms with Gasteiger partial charge in [-0.2, -0.15) is 0 Å². The van der Waals surface area contributed by atoms with E-state index in [0.717, 1.165) is 79.9 Å². The number of hydrogen-bond donors (Lipinski definition) is 2.